The van der Waals surface area contributed by atoms with Crippen molar-refractivity contribution in [2.45, 2.75) is 100 Å². The smallest absolute Gasteiger partial charge is 0.221 e. The Kier molecular flexibility index (Phi) is 11.0. The number of ether oxygens (including phenoxy) is 4. The van der Waals surface area contributed by atoms with E-state index in [1.54, 1.807) is 0 Å². The van der Waals surface area contributed by atoms with Gasteiger partial charge in [0.15, 0.2) is 6.29 Å². The minimum absolute atomic E-state index is 0.233. The second-order valence-corrected chi connectivity index (χ2v) is 8.21. The zero-order valence-corrected chi connectivity index (χ0v) is 18.0. The van der Waals surface area contributed by atoms with Gasteiger partial charge < -0.3 is 54.7 Å². The van der Waals surface area contributed by atoms with E-state index in [9.17, 15) is 35.7 Å². The first-order valence-corrected chi connectivity index (χ1v) is 11.0. The molecule has 0 saturated carbocycles. The van der Waals surface area contributed by atoms with Crippen molar-refractivity contribution in [2.24, 2.45) is 0 Å². The summed E-state index contributed by atoms with van der Waals surface area (Å²) in [5.74, 6) is -1.80. The summed E-state index contributed by atoms with van der Waals surface area (Å²) in [7, 11) is 0. The van der Waals surface area contributed by atoms with E-state index in [0.29, 0.717) is 6.42 Å². The minimum atomic E-state index is -1.80. The van der Waals surface area contributed by atoms with Gasteiger partial charge in [-0.25, -0.2) is 0 Å². The van der Waals surface area contributed by atoms with Crippen LogP contribution < -0.4 is 0 Å². The predicted octanol–water partition coefficient (Wildman–Crippen LogP) is -2.01. The van der Waals surface area contributed by atoms with E-state index < -0.39 is 68.0 Å². The van der Waals surface area contributed by atoms with E-state index >= 15 is 0 Å². The van der Waals surface area contributed by atoms with Crippen molar-refractivity contribution in [1.82, 2.24) is 0 Å². The molecule has 7 N–H and O–H groups in total. The molecule has 0 radical (unpaired) electrons. The zero-order chi connectivity index (χ0) is 23.0. The number of aliphatic hydroxyl groups excluding tert-OH is 7. The lowest BCUT2D eigenvalue weighted by Gasteiger charge is -2.39. The third-order valence-corrected chi connectivity index (χ3v) is 5.84. The van der Waals surface area contributed by atoms with Crippen LogP contribution in [0.4, 0.5) is 0 Å². The summed E-state index contributed by atoms with van der Waals surface area (Å²) in [4.78, 5) is 0. The van der Waals surface area contributed by atoms with Crippen LogP contribution in [0.5, 0.6) is 0 Å². The number of unbranched alkanes of at least 4 members (excludes halogenated alkanes) is 5. The molecular formula is C20H38O11. The fourth-order valence-corrected chi connectivity index (χ4v) is 3.81. The molecule has 0 spiro atoms. The molecule has 0 aromatic rings. The number of rotatable bonds is 13. The van der Waals surface area contributed by atoms with E-state index in [1.165, 1.54) is 6.42 Å². The van der Waals surface area contributed by atoms with Gasteiger partial charge in [0.25, 0.3) is 0 Å². The molecule has 0 bridgehead atoms. The number of hydrogen-bond acceptors (Lipinski definition) is 11. The van der Waals surface area contributed by atoms with Gasteiger partial charge in [-0.05, 0) is 6.42 Å². The minimum Gasteiger partial charge on any atom is -0.394 e. The summed E-state index contributed by atoms with van der Waals surface area (Å²) in [5, 5.41) is 69.4. The van der Waals surface area contributed by atoms with E-state index in [-0.39, 0.29) is 13.2 Å². The molecule has 2 rings (SSSR count). The first-order chi connectivity index (χ1) is 14.8. The van der Waals surface area contributed by atoms with Crippen molar-refractivity contribution in [3.05, 3.63) is 0 Å². The fourth-order valence-electron chi connectivity index (χ4n) is 3.81. The first-order valence-electron chi connectivity index (χ1n) is 11.0. The Labute approximate surface area is 182 Å². The van der Waals surface area contributed by atoms with Crippen molar-refractivity contribution in [3.8, 4) is 0 Å². The molecule has 0 aromatic heterocycles. The fraction of sp³-hybridized carbons (Fsp3) is 1.00. The third kappa shape index (κ3) is 6.55. The highest BCUT2D eigenvalue weighted by atomic mass is 16.8. The van der Waals surface area contributed by atoms with Crippen LogP contribution in [-0.4, -0.2) is 117 Å². The maximum Gasteiger partial charge on any atom is 0.221 e. The van der Waals surface area contributed by atoms with Crippen LogP contribution in [0.2, 0.25) is 0 Å². The Morgan fingerprint density at radius 2 is 1.48 bits per heavy atom. The summed E-state index contributed by atoms with van der Waals surface area (Å²) in [6, 6.07) is 0. The Balaban J connectivity index is 1.86. The molecule has 2 fully saturated rings. The standard InChI is InChI=1S/C20H38O11/c1-2-3-4-5-6-7-8-29-20(11-22)18(27)15(24)13(31-20)10-28-19-17(26)16(25)14(23)12(9-21)30-19/h12-19,21-27H,2-11H2,1H3/t12-,13-,14-,15-,16+,17-,18+,19+,20-/m1/s1. The van der Waals surface area contributed by atoms with Crippen molar-refractivity contribution >= 4 is 0 Å². The van der Waals surface area contributed by atoms with Gasteiger partial charge in [-0.3, -0.25) is 0 Å². The Bertz CT molecular complexity index is 508. The number of hydrogen-bond donors (Lipinski definition) is 7. The van der Waals surface area contributed by atoms with Crippen molar-refractivity contribution in [3.63, 3.8) is 0 Å². The van der Waals surface area contributed by atoms with Crippen LogP contribution >= 0.6 is 0 Å². The Morgan fingerprint density at radius 1 is 0.806 bits per heavy atom. The molecule has 31 heavy (non-hydrogen) atoms. The third-order valence-electron chi connectivity index (χ3n) is 5.84. The average molecular weight is 455 g/mol. The number of aliphatic hydroxyl groups is 7. The van der Waals surface area contributed by atoms with Gasteiger partial charge in [0.2, 0.25) is 5.79 Å². The molecule has 184 valence electrons. The highest BCUT2D eigenvalue weighted by Gasteiger charge is 2.55. The second-order valence-electron chi connectivity index (χ2n) is 8.21. The zero-order valence-electron chi connectivity index (χ0n) is 18.0. The molecule has 2 aliphatic heterocycles. The SMILES string of the molecule is CCCCCCCCO[C@]1(CO)O[C@H](CO[C@H]2O[C@H](CO)[C@@H](O)[C@H](O)[C@H]2O)[C@@H](O)[C@@H]1O. The topological polar surface area (TPSA) is 179 Å². The molecule has 0 amide bonds. The highest BCUT2D eigenvalue weighted by molar-refractivity contribution is 4.97. The van der Waals surface area contributed by atoms with Gasteiger partial charge in [-0.15, -0.1) is 0 Å². The van der Waals surface area contributed by atoms with Gasteiger partial charge in [0.05, 0.1) is 19.8 Å². The predicted molar refractivity (Wildman–Crippen MR) is 106 cm³/mol. The average Bonchev–Trinajstić information content (AvgIpc) is 3.01. The molecule has 11 nitrogen and oxygen atoms in total. The maximum atomic E-state index is 10.4. The van der Waals surface area contributed by atoms with Gasteiger partial charge in [0, 0.05) is 0 Å². The Hall–Kier alpha value is -0.440. The van der Waals surface area contributed by atoms with Crippen LogP contribution in [0.1, 0.15) is 45.4 Å². The summed E-state index contributed by atoms with van der Waals surface area (Å²) >= 11 is 0. The normalized spacial score (nSPS) is 41.0. The first kappa shape index (κ1) is 26.8. The van der Waals surface area contributed by atoms with E-state index in [4.69, 9.17) is 18.9 Å². The molecule has 9 atom stereocenters. The van der Waals surface area contributed by atoms with Gasteiger partial charge in [-0.1, -0.05) is 39.0 Å². The molecule has 2 saturated heterocycles. The lowest BCUT2D eigenvalue weighted by atomic mass is 9.99. The molecule has 0 aliphatic carbocycles. The summed E-state index contributed by atoms with van der Waals surface area (Å²) in [6.07, 6.45) is -5.19. The highest BCUT2D eigenvalue weighted by Crippen LogP contribution is 2.33. The van der Waals surface area contributed by atoms with Crippen molar-refractivity contribution < 1.29 is 54.7 Å². The van der Waals surface area contributed by atoms with Gasteiger partial charge in [-0.2, -0.15) is 0 Å². The lowest BCUT2D eigenvalue weighted by molar-refractivity contribution is -0.313. The summed E-state index contributed by atoms with van der Waals surface area (Å²) in [5.41, 5.74) is 0. The lowest BCUT2D eigenvalue weighted by Crippen LogP contribution is -2.59. The van der Waals surface area contributed by atoms with Crippen molar-refractivity contribution in [2.75, 3.05) is 26.4 Å². The maximum absolute atomic E-state index is 10.4. The molecule has 2 heterocycles. The molecule has 0 unspecified atom stereocenters. The summed E-state index contributed by atoms with van der Waals surface area (Å²) < 4.78 is 21.8. The monoisotopic (exact) mass is 454 g/mol. The molecular weight excluding hydrogens is 416 g/mol. The largest absolute Gasteiger partial charge is 0.394 e. The summed E-state index contributed by atoms with van der Waals surface area (Å²) in [6.45, 7) is 0.708. The van der Waals surface area contributed by atoms with Crippen LogP contribution in [0.3, 0.4) is 0 Å². The molecule has 11 heteroatoms. The second kappa shape index (κ2) is 12.7. The van der Waals surface area contributed by atoms with Crippen LogP contribution in [0.15, 0.2) is 0 Å². The van der Waals surface area contributed by atoms with Crippen LogP contribution in [0, 0.1) is 0 Å². The van der Waals surface area contributed by atoms with Crippen LogP contribution in [-0.2, 0) is 18.9 Å². The van der Waals surface area contributed by atoms with E-state index in [1.807, 2.05) is 0 Å². The van der Waals surface area contributed by atoms with Crippen LogP contribution in [0.25, 0.3) is 0 Å². The Morgan fingerprint density at radius 3 is 2.13 bits per heavy atom. The van der Waals surface area contributed by atoms with E-state index in [0.717, 1.165) is 25.7 Å². The quantitative estimate of drug-likeness (QED) is 0.153. The van der Waals surface area contributed by atoms with Crippen molar-refractivity contribution in [1.29, 1.82) is 0 Å². The van der Waals surface area contributed by atoms with E-state index in [2.05, 4.69) is 6.92 Å². The van der Waals surface area contributed by atoms with Gasteiger partial charge in [0.1, 0.15) is 49.3 Å². The molecule has 0 aromatic carbocycles. The van der Waals surface area contributed by atoms with Gasteiger partial charge >= 0.3 is 0 Å². The molecule has 2 aliphatic rings.